The van der Waals surface area contributed by atoms with E-state index in [1.807, 2.05) is 0 Å². The van der Waals surface area contributed by atoms with Gasteiger partial charge in [-0.05, 0) is 6.07 Å². The second-order valence-corrected chi connectivity index (χ2v) is 4.34. The molecule has 0 atom stereocenters. The lowest BCUT2D eigenvalue weighted by Crippen LogP contribution is -2.08. The minimum atomic E-state index is -4.91. The fourth-order valence-electron chi connectivity index (χ4n) is 0.952. The van der Waals surface area contributed by atoms with E-state index in [2.05, 4.69) is 0 Å². The van der Waals surface area contributed by atoms with Crippen LogP contribution in [0, 0.1) is 15.9 Å². The molecule has 7 nitrogen and oxygen atoms in total. The molecule has 0 amide bonds. The molecule has 0 aromatic heterocycles. The Hall–Kier alpha value is -1.47. The number of rotatable bonds is 3. The van der Waals surface area contributed by atoms with E-state index in [0.29, 0.717) is 12.1 Å². The van der Waals surface area contributed by atoms with Crippen LogP contribution in [0.3, 0.4) is 0 Å². The van der Waals surface area contributed by atoms with Gasteiger partial charge in [0.05, 0.1) is 4.92 Å². The number of non-ortho nitro benzene ring substituents is 1. The normalized spacial score (nSPS) is 11.2. The number of benzene rings is 1. The number of halogens is 1. The van der Waals surface area contributed by atoms with Gasteiger partial charge in [0.15, 0.2) is 0 Å². The summed E-state index contributed by atoms with van der Waals surface area (Å²) >= 11 is 0. The van der Waals surface area contributed by atoms with Crippen molar-refractivity contribution >= 4 is 19.2 Å². The first-order valence-electron chi connectivity index (χ1n) is 3.79. The number of carbonyl (C=O) groups is 1. The van der Waals surface area contributed by atoms with E-state index in [-0.39, 0.29) is 0 Å². The minimum Gasteiger partial charge on any atom is -0.258 e. The van der Waals surface area contributed by atoms with Gasteiger partial charge >= 0.3 is 13.5 Å². The van der Waals surface area contributed by atoms with Gasteiger partial charge in [0.1, 0.15) is 11.4 Å². The molecule has 0 aliphatic rings. The second-order valence-electron chi connectivity index (χ2n) is 2.79. The van der Waals surface area contributed by atoms with E-state index < -0.39 is 35.5 Å². The molecule has 0 radical (unpaired) electrons. The number of nitrogens with zero attached hydrogens (tertiary/aromatic N) is 1. The number of nitro groups is 1. The maximum Gasteiger partial charge on any atom is 0.484 e. The first-order chi connectivity index (χ1) is 7.23. The van der Waals surface area contributed by atoms with Gasteiger partial charge in [-0.15, -0.1) is 0 Å². The Balaban J connectivity index is 3.28. The van der Waals surface area contributed by atoms with Gasteiger partial charge < -0.3 is 0 Å². The van der Waals surface area contributed by atoms with Gasteiger partial charge in [-0.1, -0.05) is 0 Å². The molecule has 1 rings (SSSR count). The first-order valence-corrected chi connectivity index (χ1v) is 5.44. The van der Waals surface area contributed by atoms with Crippen molar-refractivity contribution in [2.24, 2.45) is 0 Å². The molecule has 0 heterocycles. The average molecular weight is 250 g/mol. The third-order valence-corrected chi connectivity index (χ3v) is 2.45. The number of nitro benzene ring substituents is 1. The molecule has 86 valence electrons. The van der Waals surface area contributed by atoms with E-state index in [1.165, 1.54) is 0 Å². The Kier molecular flexibility index (Phi) is 3.30. The molecule has 0 aliphatic carbocycles. The third kappa shape index (κ3) is 2.56. The van der Waals surface area contributed by atoms with Crippen LogP contribution in [0.4, 0.5) is 10.1 Å². The summed E-state index contributed by atoms with van der Waals surface area (Å²) in [5.74, 6) is -1.18. The molecule has 0 saturated carbocycles. The summed E-state index contributed by atoms with van der Waals surface area (Å²) in [6.45, 7) is 0. The average Bonchev–Trinajstić information content (AvgIpc) is 2.15. The summed E-state index contributed by atoms with van der Waals surface area (Å²) in [4.78, 5) is 46.4. The quantitative estimate of drug-likeness (QED) is 0.410. The summed E-state index contributed by atoms with van der Waals surface area (Å²) in [7, 11) is -4.91. The van der Waals surface area contributed by atoms with Gasteiger partial charge in [0.25, 0.3) is 5.69 Å². The van der Waals surface area contributed by atoms with Crippen molar-refractivity contribution in [3.8, 4) is 0 Å². The van der Waals surface area contributed by atoms with Crippen molar-refractivity contribution in [1.82, 2.24) is 0 Å². The number of hydrogen-bond acceptors (Lipinski definition) is 6. The highest BCUT2D eigenvalue weighted by Crippen LogP contribution is 2.48. The van der Waals surface area contributed by atoms with Crippen molar-refractivity contribution in [3.05, 3.63) is 39.7 Å². The SMILES string of the molecule is O=C(c1cc([N+](=O)[O-])ccc1F)[P+](O)(O)O. The Labute approximate surface area is 88.5 Å². The van der Waals surface area contributed by atoms with E-state index in [4.69, 9.17) is 14.7 Å². The van der Waals surface area contributed by atoms with Crippen LogP contribution in [0.1, 0.15) is 10.4 Å². The van der Waals surface area contributed by atoms with E-state index >= 15 is 0 Å². The highest BCUT2D eigenvalue weighted by atomic mass is 31.2. The smallest absolute Gasteiger partial charge is 0.258 e. The van der Waals surface area contributed by atoms with Crippen LogP contribution in [0.15, 0.2) is 18.2 Å². The fraction of sp³-hybridized carbons (Fsp3) is 0. The van der Waals surface area contributed by atoms with Crippen molar-refractivity contribution < 1.29 is 28.8 Å². The van der Waals surface area contributed by atoms with Crippen LogP contribution >= 0.6 is 7.94 Å². The predicted molar refractivity (Wildman–Crippen MR) is 51.0 cm³/mol. The van der Waals surface area contributed by atoms with Gasteiger partial charge in [-0.2, -0.15) is 14.7 Å². The van der Waals surface area contributed by atoms with Crippen LogP contribution in [0.25, 0.3) is 0 Å². The van der Waals surface area contributed by atoms with Crippen LogP contribution < -0.4 is 0 Å². The van der Waals surface area contributed by atoms with E-state index in [1.54, 1.807) is 0 Å². The Bertz CT molecular complexity index is 457. The predicted octanol–water partition coefficient (Wildman–Crippen LogP) is 0.614. The lowest BCUT2D eigenvalue weighted by molar-refractivity contribution is -0.384. The molecule has 0 aliphatic heterocycles. The van der Waals surface area contributed by atoms with Crippen molar-refractivity contribution in [2.75, 3.05) is 0 Å². The molecular formula is C7H6FNO6P+. The maximum absolute atomic E-state index is 13.1. The molecule has 0 spiro atoms. The Morgan fingerprint density at radius 2 is 1.94 bits per heavy atom. The fourth-order valence-corrected chi connectivity index (χ4v) is 1.45. The molecule has 0 saturated heterocycles. The van der Waals surface area contributed by atoms with Crippen molar-refractivity contribution in [1.29, 1.82) is 0 Å². The summed E-state index contributed by atoms with van der Waals surface area (Å²) in [5.41, 5.74) is -3.21. The molecular weight excluding hydrogens is 244 g/mol. The van der Waals surface area contributed by atoms with Crippen LogP contribution in [0.2, 0.25) is 0 Å². The lowest BCUT2D eigenvalue weighted by atomic mass is 10.2. The highest BCUT2D eigenvalue weighted by molar-refractivity contribution is 7.76. The molecule has 9 heteroatoms. The van der Waals surface area contributed by atoms with Crippen LogP contribution in [0.5, 0.6) is 0 Å². The maximum atomic E-state index is 13.1. The molecule has 0 unspecified atom stereocenters. The number of carbonyl (C=O) groups excluding carboxylic acids is 1. The topological polar surface area (TPSA) is 121 Å². The van der Waals surface area contributed by atoms with Crippen molar-refractivity contribution in [2.45, 2.75) is 0 Å². The molecule has 1 aromatic carbocycles. The van der Waals surface area contributed by atoms with Crippen LogP contribution in [-0.4, -0.2) is 25.1 Å². The van der Waals surface area contributed by atoms with Crippen molar-refractivity contribution in [3.63, 3.8) is 0 Å². The molecule has 16 heavy (non-hydrogen) atoms. The van der Waals surface area contributed by atoms with E-state index in [0.717, 1.165) is 6.07 Å². The molecule has 3 N–H and O–H groups in total. The zero-order valence-electron chi connectivity index (χ0n) is 7.57. The summed E-state index contributed by atoms with van der Waals surface area (Å²) < 4.78 is 13.1. The van der Waals surface area contributed by atoms with Gasteiger partial charge in [0, 0.05) is 12.1 Å². The monoisotopic (exact) mass is 250 g/mol. The Morgan fingerprint density at radius 3 is 2.38 bits per heavy atom. The largest absolute Gasteiger partial charge is 0.484 e. The summed E-state index contributed by atoms with van der Waals surface area (Å²) in [6, 6.07) is 1.95. The third-order valence-electron chi connectivity index (χ3n) is 1.66. The summed E-state index contributed by atoms with van der Waals surface area (Å²) in [5, 5.41) is 10.3. The minimum absolute atomic E-state index is 0.523. The number of hydrogen-bond donors (Lipinski definition) is 3. The lowest BCUT2D eigenvalue weighted by Gasteiger charge is -2.02. The van der Waals surface area contributed by atoms with Gasteiger partial charge in [-0.25, -0.2) is 9.18 Å². The molecule has 0 bridgehead atoms. The molecule has 0 fully saturated rings. The second kappa shape index (κ2) is 4.18. The zero-order valence-corrected chi connectivity index (χ0v) is 8.47. The summed E-state index contributed by atoms with van der Waals surface area (Å²) in [6.07, 6.45) is 0. The first kappa shape index (κ1) is 12.6. The standard InChI is InChI=1S/C7H6FNO6P/c8-6-2-1-4(9(11)12)3-5(6)7(10)16(13,14)15/h1-3,13-15H/q+1. The van der Waals surface area contributed by atoms with Gasteiger partial charge in [0.2, 0.25) is 0 Å². The highest BCUT2D eigenvalue weighted by Gasteiger charge is 2.45. The van der Waals surface area contributed by atoms with Crippen LogP contribution in [-0.2, 0) is 0 Å². The zero-order chi connectivity index (χ0) is 12.5. The molecule has 1 aromatic rings. The Morgan fingerprint density at radius 1 is 1.38 bits per heavy atom. The van der Waals surface area contributed by atoms with E-state index in [9.17, 15) is 19.3 Å². The van der Waals surface area contributed by atoms with Gasteiger partial charge in [-0.3, -0.25) is 10.1 Å².